The first-order valence-electron chi connectivity index (χ1n) is 12.1. The van der Waals surface area contributed by atoms with E-state index in [0.717, 1.165) is 27.6 Å². The second kappa shape index (κ2) is 11.6. The first kappa shape index (κ1) is 26.4. The number of carbonyl (C=O) groups excluding carboxylic acids is 1. The quantitative estimate of drug-likeness (QED) is 0.196. The number of amides is 1. The van der Waals surface area contributed by atoms with Crippen molar-refractivity contribution in [3.63, 3.8) is 0 Å². The van der Waals surface area contributed by atoms with E-state index in [0.29, 0.717) is 28.0 Å². The molecule has 2 N–H and O–H groups in total. The smallest absolute Gasteiger partial charge is 0.326 e. The van der Waals surface area contributed by atoms with Gasteiger partial charge in [0.05, 0.1) is 0 Å². The SMILES string of the molecule is O=C(N[C@@H](Cc1ccc(OCc2ccc(Cl)cc2)cc1)C(=O)O)c1cc2ccc(-c3ccc(Cl)cc3)cc2o1. The van der Waals surface area contributed by atoms with Gasteiger partial charge in [-0.05, 0) is 70.8 Å². The second-order valence-electron chi connectivity index (χ2n) is 9.00. The molecule has 39 heavy (non-hydrogen) atoms. The highest BCUT2D eigenvalue weighted by Gasteiger charge is 2.23. The molecule has 0 aliphatic rings. The van der Waals surface area contributed by atoms with Crippen molar-refractivity contribution in [1.82, 2.24) is 5.32 Å². The standard InChI is InChI=1S/C31H23Cl2NO5/c32-24-9-1-20(2-10-24)18-38-26-13-3-19(4-14-26)15-27(31(36)37)34-30(35)29-17-23-6-5-22(16-28(23)39-29)21-7-11-25(33)12-8-21/h1-14,16-17,27H,15,18H2,(H,34,35)(H,36,37)/t27-/m0/s1. The van der Waals surface area contributed by atoms with Gasteiger partial charge in [-0.1, -0.05) is 71.7 Å². The fraction of sp³-hybridized carbons (Fsp3) is 0.0968. The van der Waals surface area contributed by atoms with Crippen molar-refractivity contribution < 1.29 is 23.8 Å². The normalized spacial score (nSPS) is 11.7. The molecule has 0 fully saturated rings. The number of carboxylic acid groups (broad SMARTS) is 1. The van der Waals surface area contributed by atoms with E-state index < -0.39 is 17.9 Å². The van der Waals surface area contributed by atoms with Crippen LogP contribution in [0.3, 0.4) is 0 Å². The van der Waals surface area contributed by atoms with Crippen molar-refractivity contribution >= 4 is 46.0 Å². The molecule has 0 bridgehead atoms. The van der Waals surface area contributed by atoms with E-state index in [1.165, 1.54) is 0 Å². The summed E-state index contributed by atoms with van der Waals surface area (Å²) in [5.41, 5.74) is 4.09. The van der Waals surface area contributed by atoms with Crippen LogP contribution in [-0.2, 0) is 17.8 Å². The van der Waals surface area contributed by atoms with Crippen LogP contribution < -0.4 is 10.1 Å². The zero-order chi connectivity index (χ0) is 27.4. The van der Waals surface area contributed by atoms with E-state index in [9.17, 15) is 14.7 Å². The Morgan fingerprint density at radius 1 is 0.795 bits per heavy atom. The van der Waals surface area contributed by atoms with Crippen molar-refractivity contribution in [2.24, 2.45) is 0 Å². The molecule has 1 heterocycles. The monoisotopic (exact) mass is 559 g/mol. The second-order valence-corrected chi connectivity index (χ2v) is 9.87. The summed E-state index contributed by atoms with van der Waals surface area (Å²) < 4.78 is 11.6. The van der Waals surface area contributed by atoms with Gasteiger partial charge in [-0.25, -0.2) is 4.79 Å². The van der Waals surface area contributed by atoms with Crippen LogP contribution in [0.4, 0.5) is 0 Å². The van der Waals surface area contributed by atoms with Crippen molar-refractivity contribution in [2.75, 3.05) is 0 Å². The zero-order valence-corrected chi connectivity index (χ0v) is 22.1. The van der Waals surface area contributed by atoms with Crippen LogP contribution in [-0.4, -0.2) is 23.0 Å². The van der Waals surface area contributed by atoms with E-state index in [-0.39, 0.29) is 12.2 Å². The summed E-state index contributed by atoms with van der Waals surface area (Å²) in [7, 11) is 0. The van der Waals surface area contributed by atoms with Gasteiger partial charge < -0.3 is 19.6 Å². The van der Waals surface area contributed by atoms with E-state index in [1.54, 1.807) is 54.6 Å². The molecule has 0 radical (unpaired) electrons. The van der Waals surface area contributed by atoms with Crippen molar-refractivity contribution in [1.29, 1.82) is 0 Å². The van der Waals surface area contributed by atoms with Gasteiger partial charge in [0.1, 0.15) is 24.0 Å². The maximum absolute atomic E-state index is 12.9. The number of aliphatic carboxylic acids is 1. The fourth-order valence-corrected chi connectivity index (χ4v) is 4.35. The molecule has 196 valence electrons. The number of carboxylic acids is 1. The number of hydrogen-bond acceptors (Lipinski definition) is 4. The molecule has 8 heteroatoms. The number of fused-ring (bicyclic) bond motifs is 1. The summed E-state index contributed by atoms with van der Waals surface area (Å²) >= 11 is 11.9. The molecule has 0 spiro atoms. The van der Waals surface area contributed by atoms with Gasteiger partial charge in [-0.3, -0.25) is 4.79 Å². The molecule has 0 unspecified atom stereocenters. The van der Waals surface area contributed by atoms with Crippen LogP contribution in [0.25, 0.3) is 22.1 Å². The summed E-state index contributed by atoms with van der Waals surface area (Å²) in [5, 5.41) is 14.4. The highest BCUT2D eigenvalue weighted by molar-refractivity contribution is 6.30. The Balaban J connectivity index is 1.23. The average molecular weight is 560 g/mol. The zero-order valence-electron chi connectivity index (χ0n) is 20.6. The van der Waals surface area contributed by atoms with Crippen molar-refractivity contribution in [3.8, 4) is 16.9 Å². The number of ether oxygens (including phenoxy) is 1. The van der Waals surface area contributed by atoms with Crippen LogP contribution in [0.1, 0.15) is 21.7 Å². The third-order valence-electron chi connectivity index (χ3n) is 6.21. The van der Waals surface area contributed by atoms with E-state index in [2.05, 4.69) is 5.32 Å². The van der Waals surface area contributed by atoms with Crippen LogP contribution in [0.2, 0.25) is 10.0 Å². The lowest BCUT2D eigenvalue weighted by atomic mass is 10.0. The minimum atomic E-state index is -1.15. The number of furan rings is 1. The molecule has 0 aliphatic carbocycles. The van der Waals surface area contributed by atoms with Gasteiger partial charge in [-0.2, -0.15) is 0 Å². The molecule has 1 aromatic heterocycles. The Kier molecular flexibility index (Phi) is 7.87. The molecule has 1 amide bonds. The summed E-state index contributed by atoms with van der Waals surface area (Å²) in [6.45, 7) is 0.378. The van der Waals surface area contributed by atoms with E-state index in [4.69, 9.17) is 32.4 Å². The fourth-order valence-electron chi connectivity index (χ4n) is 4.10. The number of carbonyl (C=O) groups is 2. The minimum absolute atomic E-state index is 0.0375. The Bertz CT molecular complexity index is 1610. The number of rotatable bonds is 9. The van der Waals surface area contributed by atoms with Crippen LogP contribution in [0.15, 0.2) is 101 Å². The first-order chi connectivity index (χ1) is 18.8. The number of hydrogen-bond donors (Lipinski definition) is 2. The van der Waals surface area contributed by atoms with Gasteiger partial charge in [-0.15, -0.1) is 0 Å². The topological polar surface area (TPSA) is 88.8 Å². The highest BCUT2D eigenvalue weighted by atomic mass is 35.5. The predicted molar refractivity (Wildman–Crippen MR) is 151 cm³/mol. The number of nitrogens with one attached hydrogen (secondary N) is 1. The van der Waals surface area contributed by atoms with E-state index >= 15 is 0 Å². The lowest BCUT2D eigenvalue weighted by Crippen LogP contribution is -2.42. The molecule has 5 rings (SSSR count). The third-order valence-corrected chi connectivity index (χ3v) is 6.71. The average Bonchev–Trinajstić information content (AvgIpc) is 3.37. The molecule has 0 saturated carbocycles. The largest absolute Gasteiger partial charge is 0.489 e. The molecule has 5 aromatic rings. The van der Waals surface area contributed by atoms with Gasteiger partial charge >= 0.3 is 5.97 Å². The first-order valence-corrected chi connectivity index (χ1v) is 12.9. The van der Waals surface area contributed by atoms with Gasteiger partial charge in [0.25, 0.3) is 5.91 Å². The summed E-state index contributed by atoms with van der Waals surface area (Å²) in [6, 6.07) is 27.9. The van der Waals surface area contributed by atoms with E-state index in [1.807, 2.05) is 42.5 Å². The summed E-state index contributed by atoms with van der Waals surface area (Å²) in [6.07, 6.45) is 0.0967. The van der Waals surface area contributed by atoms with Crippen LogP contribution in [0.5, 0.6) is 5.75 Å². The molecular weight excluding hydrogens is 537 g/mol. The molecule has 4 aromatic carbocycles. The van der Waals surface area contributed by atoms with Crippen molar-refractivity contribution in [3.05, 3.63) is 124 Å². The Labute approximate surface area is 234 Å². The van der Waals surface area contributed by atoms with Crippen molar-refractivity contribution in [2.45, 2.75) is 19.1 Å². The summed E-state index contributed by atoms with van der Waals surface area (Å²) in [4.78, 5) is 24.8. The number of halogens is 2. The van der Waals surface area contributed by atoms with Gasteiger partial charge in [0.2, 0.25) is 0 Å². The summed E-state index contributed by atoms with van der Waals surface area (Å²) in [5.74, 6) is -1.07. The Morgan fingerprint density at radius 2 is 1.41 bits per heavy atom. The van der Waals surface area contributed by atoms with Gasteiger partial charge in [0, 0.05) is 21.9 Å². The molecular formula is C31H23Cl2NO5. The highest BCUT2D eigenvalue weighted by Crippen LogP contribution is 2.28. The van der Waals surface area contributed by atoms with Crippen LogP contribution in [0, 0.1) is 0 Å². The Morgan fingerprint density at radius 3 is 2.08 bits per heavy atom. The molecule has 6 nitrogen and oxygen atoms in total. The predicted octanol–water partition coefficient (Wildman–Crippen LogP) is 7.41. The van der Waals surface area contributed by atoms with Gasteiger partial charge in [0.15, 0.2) is 5.76 Å². The lowest BCUT2D eigenvalue weighted by Gasteiger charge is -2.14. The Hall–Kier alpha value is -4.26. The maximum Gasteiger partial charge on any atom is 0.326 e. The van der Waals surface area contributed by atoms with Crippen LogP contribution >= 0.6 is 23.2 Å². The molecule has 0 saturated heterocycles. The molecule has 0 aliphatic heterocycles. The third kappa shape index (κ3) is 6.60. The minimum Gasteiger partial charge on any atom is -0.489 e. The maximum atomic E-state index is 12.9. The lowest BCUT2D eigenvalue weighted by molar-refractivity contribution is -0.139. The molecule has 1 atom stereocenters. The number of benzene rings is 4.